The van der Waals surface area contributed by atoms with Crippen LogP contribution in [-0.4, -0.2) is 56.4 Å². The molecule has 2 heterocycles. The largest absolute Gasteiger partial charge is 0.481 e. The fourth-order valence-corrected chi connectivity index (χ4v) is 4.62. The van der Waals surface area contributed by atoms with Crippen LogP contribution in [0.15, 0.2) is 10.7 Å². The molecule has 2 fully saturated rings. The number of aliphatic carboxylic acids is 1. The topological polar surface area (TPSA) is 128 Å². The summed E-state index contributed by atoms with van der Waals surface area (Å²) in [6, 6.07) is 0.179. The molecule has 0 aromatic carbocycles. The van der Waals surface area contributed by atoms with Crippen LogP contribution < -0.4 is 4.74 Å². The maximum Gasteiger partial charge on any atom is 0.410 e. The standard InChI is InChI=1S/C23H29FN4O6/c1-13-17(12-32-23(31)28(2)15-7-3-4-8-15)19(27-34-13)18-11-25-21(20(24)26-18)33-16-9-5-6-14(10-16)22(29)30/h11,14-16H,3-10,12H2,1-2H3,(H,29,30)/t14-,16?/m0/s1. The lowest BCUT2D eigenvalue weighted by molar-refractivity contribution is -0.143. The van der Waals surface area contributed by atoms with Gasteiger partial charge in [0, 0.05) is 13.1 Å². The first-order valence-corrected chi connectivity index (χ1v) is 11.6. The third-order valence-corrected chi connectivity index (χ3v) is 6.68. The Morgan fingerprint density at radius 3 is 2.71 bits per heavy atom. The van der Waals surface area contributed by atoms with E-state index < -0.39 is 30.0 Å². The van der Waals surface area contributed by atoms with Crippen LogP contribution in [0.1, 0.15) is 62.7 Å². The van der Waals surface area contributed by atoms with Crippen molar-refractivity contribution in [3.8, 4) is 17.3 Å². The van der Waals surface area contributed by atoms with E-state index >= 15 is 0 Å². The minimum atomic E-state index is -0.931. The highest BCUT2D eigenvalue weighted by Gasteiger charge is 2.30. The van der Waals surface area contributed by atoms with Gasteiger partial charge in [0.2, 0.25) is 0 Å². The van der Waals surface area contributed by atoms with E-state index in [2.05, 4.69) is 15.1 Å². The molecule has 2 saturated carbocycles. The van der Waals surface area contributed by atoms with E-state index in [1.54, 1.807) is 18.9 Å². The van der Waals surface area contributed by atoms with Crippen LogP contribution in [0.5, 0.6) is 5.88 Å². The Hall–Kier alpha value is -3.24. The molecule has 0 bridgehead atoms. The molecule has 1 N–H and O–H groups in total. The summed E-state index contributed by atoms with van der Waals surface area (Å²) in [7, 11) is 1.73. The Morgan fingerprint density at radius 2 is 2.00 bits per heavy atom. The van der Waals surface area contributed by atoms with Crippen molar-refractivity contribution in [2.45, 2.75) is 77.0 Å². The van der Waals surface area contributed by atoms with Gasteiger partial charge in [-0.15, -0.1) is 0 Å². The summed E-state index contributed by atoms with van der Waals surface area (Å²) in [5, 5.41) is 13.2. The summed E-state index contributed by atoms with van der Waals surface area (Å²) >= 11 is 0. The van der Waals surface area contributed by atoms with E-state index in [4.69, 9.17) is 14.0 Å². The molecule has 0 saturated heterocycles. The third kappa shape index (κ3) is 5.28. The molecule has 0 radical (unpaired) electrons. The van der Waals surface area contributed by atoms with Crippen LogP contribution in [-0.2, 0) is 16.1 Å². The zero-order valence-corrected chi connectivity index (χ0v) is 19.3. The number of carbonyl (C=O) groups is 2. The highest BCUT2D eigenvalue weighted by atomic mass is 19.1. The van der Waals surface area contributed by atoms with E-state index in [-0.39, 0.29) is 29.9 Å². The average Bonchev–Trinajstić information content (AvgIpc) is 3.48. The molecule has 2 aliphatic carbocycles. The van der Waals surface area contributed by atoms with E-state index in [1.165, 1.54) is 6.20 Å². The molecule has 1 amide bonds. The second-order valence-corrected chi connectivity index (χ2v) is 8.96. The maximum absolute atomic E-state index is 14.7. The highest BCUT2D eigenvalue weighted by Crippen LogP contribution is 2.30. The van der Waals surface area contributed by atoms with Crippen LogP contribution in [0.3, 0.4) is 0 Å². The van der Waals surface area contributed by atoms with Crippen molar-refractivity contribution < 1.29 is 33.1 Å². The number of amides is 1. The predicted molar refractivity (Wildman–Crippen MR) is 116 cm³/mol. The van der Waals surface area contributed by atoms with Crippen LogP contribution in [0, 0.1) is 18.8 Å². The van der Waals surface area contributed by atoms with Crippen molar-refractivity contribution in [3.05, 3.63) is 23.5 Å². The molecule has 1 unspecified atom stereocenters. The van der Waals surface area contributed by atoms with E-state index in [1.807, 2.05) is 0 Å². The molecule has 2 aromatic rings. The molecule has 2 aliphatic rings. The summed E-state index contributed by atoms with van der Waals surface area (Å²) in [5.41, 5.74) is 0.825. The number of hydrogen-bond acceptors (Lipinski definition) is 8. The van der Waals surface area contributed by atoms with E-state index in [0.717, 1.165) is 25.7 Å². The van der Waals surface area contributed by atoms with Crippen LogP contribution in [0.4, 0.5) is 9.18 Å². The second kappa shape index (κ2) is 10.4. The Kier molecular flexibility index (Phi) is 7.28. The van der Waals surface area contributed by atoms with Gasteiger partial charge in [-0.2, -0.15) is 4.39 Å². The number of halogens is 1. The number of aromatic nitrogens is 3. The Morgan fingerprint density at radius 1 is 1.24 bits per heavy atom. The number of aryl methyl sites for hydroxylation is 1. The SMILES string of the molecule is Cc1onc(-c2cnc(OC3CCC[C@H](C(=O)O)C3)c(F)n2)c1COC(=O)N(C)C1CCCC1. The lowest BCUT2D eigenvalue weighted by atomic mass is 9.87. The Labute approximate surface area is 196 Å². The summed E-state index contributed by atoms with van der Waals surface area (Å²) in [6.07, 6.45) is 6.74. The Bertz CT molecular complexity index is 1040. The van der Waals surface area contributed by atoms with Gasteiger partial charge in [0.25, 0.3) is 11.8 Å². The van der Waals surface area contributed by atoms with Crippen molar-refractivity contribution in [1.29, 1.82) is 0 Å². The smallest absolute Gasteiger partial charge is 0.410 e. The summed E-state index contributed by atoms with van der Waals surface area (Å²) < 4.78 is 31.0. The number of ether oxygens (including phenoxy) is 2. The number of carbonyl (C=O) groups excluding carboxylic acids is 1. The maximum atomic E-state index is 14.7. The van der Waals surface area contributed by atoms with Crippen molar-refractivity contribution >= 4 is 12.1 Å². The summed E-state index contributed by atoms with van der Waals surface area (Å²) in [4.78, 5) is 33.3. The molecule has 0 spiro atoms. The molecule has 184 valence electrons. The molecular formula is C23H29FN4O6. The van der Waals surface area contributed by atoms with Gasteiger partial charge in [0.15, 0.2) is 0 Å². The normalized spacial score (nSPS) is 20.8. The predicted octanol–water partition coefficient (Wildman–Crippen LogP) is 4.11. The van der Waals surface area contributed by atoms with Gasteiger partial charge in [0.1, 0.15) is 29.9 Å². The van der Waals surface area contributed by atoms with Crippen LogP contribution >= 0.6 is 0 Å². The van der Waals surface area contributed by atoms with Gasteiger partial charge in [-0.05, 0) is 45.4 Å². The lowest BCUT2D eigenvalue weighted by Crippen LogP contribution is -2.35. The van der Waals surface area contributed by atoms with Crippen LogP contribution in [0.25, 0.3) is 11.4 Å². The minimum Gasteiger partial charge on any atom is -0.481 e. The Balaban J connectivity index is 1.43. The summed E-state index contributed by atoms with van der Waals surface area (Å²) in [6.45, 7) is 1.57. The third-order valence-electron chi connectivity index (χ3n) is 6.68. The quantitative estimate of drug-likeness (QED) is 0.628. The molecule has 4 rings (SSSR count). The van der Waals surface area contributed by atoms with Gasteiger partial charge >= 0.3 is 12.1 Å². The van der Waals surface area contributed by atoms with Gasteiger partial charge < -0.3 is 24.0 Å². The van der Waals surface area contributed by atoms with Gasteiger partial charge in [-0.3, -0.25) is 4.79 Å². The molecule has 11 heteroatoms. The number of rotatable bonds is 7. The van der Waals surface area contributed by atoms with E-state index in [0.29, 0.717) is 37.0 Å². The van der Waals surface area contributed by atoms with Crippen molar-refractivity contribution in [1.82, 2.24) is 20.0 Å². The molecule has 0 aliphatic heterocycles. The number of carboxylic acid groups (broad SMARTS) is 1. The fraction of sp³-hybridized carbons (Fsp3) is 0.609. The van der Waals surface area contributed by atoms with Gasteiger partial charge in [0.05, 0.1) is 17.7 Å². The zero-order valence-electron chi connectivity index (χ0n) is 19.3. The van der Waals surface area contributed by atoms with Crippen molar-refractivity contribution in [3.63, 3.8) is 0 Å². The monoisotopic (exact) mass is 476 g/mol. The summed E-state index contributed by atoms with van der Waals surface area (Å²) in [5.74, 6) is -2.18. The fourth-order valence-electron chi connectivity index (χ4n) is 4.62. The van der Waals surface area contributed by atoms with E-state index in [9.17, 15) is 19.1 Å². The number of carboxylic acids is 1. The second-order valence-electron chi connectivity index (χ2n) is 8.96. The first-order chi connectivity index (χ1) is 16.3. The molecule has 34 heavy (non-hydrogen) atoms. The van der Waals surface area contributed by atoms with Gasteiger partial charge in [-0.25, -0.2) is 14.8 Å². The molecule has 2 atom stereocenters. The number of nitrogens with zero attached hydrogens (tertiary/aromatic N) is 4. The van der Waals surface area contributed by atoms with Crippen molar-refractivity contribution in [2.24, 2.45) is 5.92 Å². The highest BCUT2D eigenvalue weighted by molar-refractivity contribution is 5.70. The minimum absolute atomic E-state index is 0.0965. The average molecular weight is 477 g/mol. The zero-order chi connectivity index (χ0) is 24.2. The van der Waals surface area contributed by atoms with Gasteiger partial charge in [-0.1, -0.05) is 18.0 Å². The van der Waals surface area contributed by atoms with Crippen LogP contribution in [0.2, 0.25) is 0 Å². The first kappa shape index (κ1) is 23.9. The number of hydrogen-bond donors (Lipinski definition) is 1. The molecule has 10 nitrogen and oxygen atoms in total. The lowest BCUT2D eigenvalue weighted by Gasteiger charge is -2.26. The molecular weight excluding hydrogens is 447 g/mol. The first-order valence-electron chi connectivity index (χ1n) is 11.6. The van der Waals surface area contributed by atoms with Crippen molar-refractivity contribution in [2.75, 3.05) is 7.05 Å². The molecule has 2 aromatic heterocycles.